The third-order valence-electron chi connectivity index (χ3n) is 4.95. The van der Waals surface area contributed by atoms with Crippen molar-refractivity contribution in [1.82, 2.24) is 4.90 Å². The molecule has 1 aromatic carbocycles. The van der Waals surface area contributed by atoms with Crippen LogP contribution in [-0.2, 0) is 23.9 Å². The number of halogens is 2. The van der Waals surface area contributed by atoms with Crippen LogP contribution < -0.4 is 0 Å². The molecule has 10 heteroatoms. The Labute approximate surface area is 205 Å². The molecular weight excluding hydrogens is 483 g/mol. The zero-order valence-corrected chi connectivity index (χ0v) is 19.9. The lowest BCUT2D eigenvalue weighted by molar-refractivity contribution is -0.142. The van der Waals surface area contributed by atoms with Crippen molar-refractivity contribution in [2.24, 2.45) is 0 Å². The molecule has 2 aromatic rings. The lowest BCUT2D eigenvalue weighted by atomic mass is 9.94. The highest BCUT2D eigenvalue weighted by Crippen LogP contribution is 2.35. The minimum Gasteiger partial charge on any atom is -0.463 e. The Morgan fingerprint density at radius 2 is 1.91 bits per heavy atom. The normalized spacial score (nSPS) is 15.1. The van der Waals surface area contributed by atoms with Crippen molar-refractivity contribution in [2.45, 2.75) is 13.8 Å². The molecule has 2 heterocycles. The first-order valence-electron chi connectivity index (χ1n) is 10.2. The molecule has 0 saturated carbocycles. The molecule has 0 bridgehead atoms. The van der Waals surface area contributed by atoms with Crippen LogP contribution in [0, 0.1) is 11.3 Å². The summed E-state index contributed by atoms with van der Waals surface area (Å²) >= 11 is 12.3. The molecule has 0 radical (unpaired) electrons. The average molecular weight is 503 g/mol. The maximum atomic E-state index is 13.1. The number of amides is 2. The fraction of sp³-hybridized carbons (Fsp3) is 0.250. The summed E-state index contributed by atoms with van der Waals surface area (Å²) in [4.78, 5) is 37.5. The molecule has 0 N–H and O–H groups in total. The third kappa shape index (κ3) is 5.57. The number of carbonyl (C=O) groups is 3. The maximum Gasteiger partial charge on any atom is 0.302 e. The molecule has 34 heavy (non-hydrogen) atoms. The first-order valence-corrected chi connectivity index (χ1v) is 10.9. The van der Waals surface area contributed by atoms with E-state index >= 15 is 0 Å². The van der Waals surface area contributed by atoms with E-state index in [-0.39, 0.29) is 43.1 Å². The van der Waals surface area contributed by atoms with Crippen LogP contribution in [0.3, 0.4) is 0 Å². The van der Waals surface area contributed by atoms with Gasteiger partial charge in [-0.25, -0.2) is 0 Å². The van der Waals surface area contributed by atoms with Gasteiger partial charge in [-0.1, -0.05) is 29.3 Å². The van der Waals surface area contributed by atoms with Crippen molar-refractivity contribution < 1.29 is 28.3 Å². The molecule has 1 aliphatic heterocycles. The molecule has 1 aliphatic rings. The monoisotopic (exact) mass is 502 g/mol. The van der Waals surface area contributed by atoms with E-state index in [0.717, 1.165) is 4.90 Å². The van der Waals surface area contributed by atoms with Gasteiger partial charge in [0.15, 0.2) is 0 Å². The van der Waals surface area contributed by atoms with E-state index in [9.17, 15) is 19.6 Å². The minimum absolute atomic E-state index is 0.0158. The third-order valence-corrected chi connectivity index (χ3v) is 5.77. The maximum absolute atomic E-state index is 13.1. The van der Waals surface area contributed by atoms with Crippen LogP contribution in [0.5, 0.6) is 0 Å². The van der Waals surface area contributed by atoms with Gasteiger partial charge in [0.25, 0.3) is 11.8 Å². The fourth-order valence-electron chi connectivity index (χ4n) is 3.25. The summed E-state index contributed by atoms with van der Waals surface area (Å²) in [6.07, 6.45) is 1.47. The van der Waals surface area contributed by atoms with Crippen LogP contribution in [0.2, 0.25) is 10.0 Å². The van der Waals surface area contributed by atoms with E-state index in [1.807, 2.05) is 6.07 Å². The van der Waals surface area contributed by atoms with Gasteiger partial charge in [0.05, 0.1) is 29.8 Å². The first-order chi connectivity index (χ1) is 16.2. The van der Waals surface area contributed by atoms with Crippen LogP contribution in [0.25, 0.3) is 17.4 Å². The second-order valence-corrected chi connectivity index (χ2v) is 7.97. The summed E-state index contributed by atoms with van der Waals surface area (Å²) in [5, 5.41) is 10.2. The topological polar surface area (TPSA) is 110 Å². The van der Waals surface area contributed by atoms with E-state index in [2.05, 4.69) is 0 Å². The van der Waals surface area contributed by atoms with E-state index in [1.165, 1.54) is 19.9 Å². The Hall–Kier alpha value is -3.38. The van der Waals surface area contributed by atoms with Gasteiger partial charge < -0.3 is 13.9 Å². The molecule has 0 aliphatic carbocycles. The molecule has 0 spiro atoms. The Morgan fingerprint density at radius 3 is 2.62 bits per heavy atom. The van der Waals surface area contributed by atoms with Gasteiger partial charge in [-0.05, 0) is 42.8 Å². The van der Waals surface area contributed by atoms with Crippen LogP contribution in [0.15, 0.2) is 51.5 Å². The van der Waals surface area contributed by atoms with Crippen LogP contribution in [-0.4, -0.2) is 49.0 Å². The molecule has 0 atom stereocenters. The van der Waals surface area contributed by atoms with Gasteiger partial charge in [-0.2, -0.15) is 5.26 Å². The molecule has 0 unspecified atom stereocenters. The fourth-order valence-corrected chi connectivity index (χ4v) is 3.64. The second kappa shape index (κ2) is 11.2. The molecule has 1 aromatic heterocycles. The standard InChI is InChI=1S/C24H20Cl2N2O6/c1-14-18(12-16-6-7-21(34-16)17-4-3-5-20(25)22(17)26)23(30)28(24(31)19(14)13-27)8-9-32-10-11-33-15(2)29/h3-7,12H,8-11H2,1-2H3/b18-12+. The van der Waals surface area contributed by atoms with Crippen LogP contribution in [0.1, 0.15) is 19.6 Å². The smallest absolute Gasteiger partial charge is 0.302 e. The van der Waals surface area contributed by atoms with E-state index in [0.29, 0.717) is 27.1 Å². The average Bonchev–Trinajstić information content (AvgIpc) is 3.26. The summed E-state index contributed by atoms with van der Waals surface area (Å²) in [6.45, 7) is 2.92. The minimum atomic E-state index is -0.698. The molecule has 2 amide bonds. The number of hydrogen-bond acceptors (Lipinski definition) is 7. The summed E-state index contributed by atoms with van der Waals surface area (Å²) in [7, 11) is 0. The second-order valence-electron chi connectivity index (χ2n) is 7.19. The summed E-state index contributed by atoms with van der Waals surface area (Å²) in [5.41, 5.74) is 0.842. The van der Waals surface area contributed by atoms with Crippen molar-refractivity contribution >= 4 is 47.1 Å². The zero-order chi connectivity index (χ0) is 24.8. The number of furan rings is 1. The predicted octanol–water partition coefficient (Wildman–Crippen LogP) is 4.43. The van der Waals surface area contributed by atoms with Gasteiger partial charge >= 0.3 is 5.97 Å². The highest BCUT2D eigenvalue weighted by molar-refractivity contribution is 6.43. The number of esters is 1. The van der Waals surface area contributed by atoms with Gasteiger partial charge in [0.2, 0.25) is 0 Å². The van der Waals surface area contributed by atoms with E-state index in [4.69, 9.17) is 37.1 Å². The first kappa shape index (κ1) is 25.2. The van der Waals surface area contributed by atoms with Crippen LogP contribution >= 0.6 is 23.2 Å². The largest absolute Gasteiger partial charge is 0.463 e. The predicted molar refractivity (Wildman–Crippen MR) is 125 cm³/mol. The highest BCUT2D eigenvalue weighted by atomic mass is 35.5. The quantitative estimate of drug-likeness (QED) is 0.227. The number of rotatable bonds is 8. The highest BCUT2D eigenvalue weighted by Gasteiger charge is 2.35. The molecule has 3 rings (SSSR count). The lowest BCUT2D eigenvalue weighted by Gasteiger charge is -2.27. The van der Waals surface area contributed by atoms with Gasteiger partial charge in [-0.3, -0.25) is 19.3 Å². The van der Waals surface area contributed by atoms with E-state index < -0.39 is 17.8 Å². The number of carbonyl (C=O) groups excluding carboxylic acids is 3. The van der Waals surface area contributed by atoms with Crippen molar-refractivity contribution in [3.63, 3.8) is 0 Å². The summed E-state index contributed by atoms with van der Waals surface area (Å²) in [5.74, 6) is -0.935. The van der Waals surface area contributed by atoms with Crippen molar-refractivity contribution in [3.8, 4) is 17.4 Å². The molecule has 8 nitrogen and oxygen atoms in total. The number of nitriles is 1. The number of imide groups is 1. The summed E-state index contributed by atoms with van der Waals surface area (Å²) in [6, 6.07) is 10.3. The zero-order valence-electron chi connectivity index (χ0n) is 18.4. The SMILES string of the molecule is CC(=O)OCCOCCN1C(=O)C(C#N)=C(C)/C(=C\c2ccc(-c3cccc(Cl)c3Cl)o2)C1=O. The number of nitrogens with zero attached hydrogens (tertiary/aromatic N) is 2. The van der Waals surface area contributed by atoms with Gasteiger partial charge in [-0.15, -0.1) is 0 Å². The van der Waals surface area contributed by atoms with Crippen molar-refractivity contribution in [2.75, 3.05) is 26.4 Å². The Morgan fingerprint density at radius 1 is 1.15 bits per heavy atom. The molecule has 0 saturated heterocycles. The number of ether oxygens (including phenoxy) is 2. The molecule has 176 valence electrons. The van der Waals surface area contributed by atoms with Crippen molar-refractivity contribution in [3.05, 3.63) is 62.9 Å². The van der Waals surface area contributed by atoms with E-state index in [1.54, 1.807) is 30.3 Å². The number of benzene rings is 1. The van der Waals surface area contributed by atoms with Gasteiger partial charge in [0, 0.05) is 18.1 Å². The lowest BCUT2D eigenvalue weighted by Crippen LogP contribution is -2.44. The number of hydrogen-bond donors (Lipinski definition) is 0. The van der Waals surface area contributed by atoms with Gasteiger partial charge in [0.1, 0.15) is 29.8 Å². The Kier molecular flexibility index (Phi) is 8.29. The Bertz CT molecular complexity index is 1240. The Balaban J connectivity index is 1.82. The molecular formula is C24H20Cl2N2O6. The van der Waals surface area contributed by atoms with Crippen molar-refractivity contribution in [1.29, 1.82) is 5.26 Å². The summed E-state index contributed by atoms with van der Waals surface area (Å²) < 4.78 is 15.9. The molecule has 0 fully saturated rings. The van der Waals surface area contributed by atoms with Crippen LogP contribution in [0.4, 0.5) is 0 Å².